The fourth-order valence-electron chi connectivity index (χ4n) is 3.39. The normalized spacial score (nSPS) is 17.0. The number of nitrogens with one attached hydrogen (secondary N) is 2. The first kappa shape index (κ1) is 19.8. The van der Waals surface area contributed by atoms with Crippen molar-refractivity contribution in [2.24, 2.45) is 0 Å². The van der Waals surface area contributed by atoms with E-state index >= 15 is 0 Å². The maximum absolute atomic E-state index is 12.8. The molecule has 1 aliphatic heterocycles. The van der Waals surface area contributed by atoms with Gasteiger partial charge in [0.1, 0.15) is 10.6 Å². The Balaban J connectivity index is 1.85. The lowest BCUT2D eigenvalue weighted by Gasteiger charge is -2.35. The molecule has 0 amide bonds. The number of aryl methyl sites for hydroxylation is 2. The monoisotopic (exact) mass is 394 g/mol. The van der Waals surface area contributed by atoms with E-state index in [4.69, 9.17) is 9.47 Å². The summed E-state index contributed by atoms with van der Waals surface area (Å²) in [6.07, 6.45) is 0. The van der Waals surface area contributed by atoms with Crippen molar-refractivity contribution in [1.82, 2.24) is 19.8 Å². The van der Waals surface area contributed by atoms with Crippen LogP contribution < -0.4 is 9.46 Å². The molecule has 3 rings (SSSR count). The molecule has 0 aliphatic carbocycles. The van der Waals surface area contributed by atoms with Gasteiger partial charge < -0.3 is 9.47 Å². The molecular formula is C18H26N4O4S. The smallest absolute Gasteiger partial charge is 0.244 e. The number of hydrogen-bond acceptors (Lipinski definition) is 6. The zero-order valence-corrected chi connectivity index (χ0v) is 16.7. The first-order valence-electron chi connectivity index (χ1n) is 8.89. The Morgan fingerprint density at radius 3 is 2.70 bits per heavy atom. The van der Waals surface area contributed by atoms with E-state index in [1.54, 1.807) is 21.0 Å². The van der Waals surface area contributed by atoms with Gasteiger partial charge in [-0.2, -0.15) is 5.10 Å². The zero-order valence-electron chi connectivity index (χ0n) is 15.9. The lowest BCUT2D eigenvalue weighted by molar-refractivity contribution is 0.0171. The van der Waals surface area contributed by atoms with Crippen LogP contribution in [0.5, 0.6) is 5.75 Å². The number of aromatic amines is 1. The minimum absolute atomic E-state index is 0.119. The van der Waals surface area contributed by atoms with Gasteiger partial charge in [-0.3, -0.25) is 10.00 Å². The topological polar surface area (TPSA) is 96.5 Å². The molecule has 2 N–H and O–H groups in total. The second kappa shape index (κ2) is 8.39. The summed E-state index contributed by atoms with van der Waals surface area (Å²) >= 11 is 0. The Morgan fingerprint density at radius 2 is 2.07 bits per heavy atom. The third-order valence-electron chi connectivity index (χ3n) is 4.76. The van der Waals surface area contributed by atoms with Crippen LogP contribution in [0.3, 0.4) is 0 Å². The first-order chi connectivity index (χ1) is 12.9. The van der Waals surface area contributed by atoms with E-state index in [1.807, 2.05) is 24.3 Å². The number of hydrogen-bond donors (Lipinski definition) is 2. The fraction of sp³-hybridized carbons (Fsp3) is 0.500. The summed E-state index contributed by atoms with van der Waals surface area (Å²) in [7, 11) is -2.05. The van der Waals surface area contributed by atoms with Crippen molar-refractivity contribution in [3.8, 4) is 5.75 Å². The van der Waals surface area contributed by atoms with E-state index in [2.05, 4.69) is 19.8 Å². The molecule has 27 heavy (non-hydrogen) atoms. The predicted octanol–water partition coefficient (Wildman–Crippen LogP) is 1.39. The Labute approximate surface area is 159 Å². The number of sulfonamides is 1. The van der Waals surface area contributed by atoms with E-state index < -0.39 is 10.0 Å². The van der Waals surface area contributed by atoms with Crippen LogP contribution in [-0.2, 0) is 14.8 Å². The van der Waals surface area contributed by atoms with Crippen molar-refractivity contribution in [3.63, 3.8) is 0 Å². The number of nitrogens with zero attached hydrogens (tertiary/aromatic N) is 2. The number of methoxy groups -OCH3 is 1. The van der Waals surface area contributed by atoms with E-state index in [0.717, 1.165) is 24.4 Å². The number of morpholine rings is 1. The van der Waals surface area contributed by atoms with Gasteiger partial charge >= 0.3 is 0 Å². The highest BCUT2D eigenvalue weighted by Crippen LogP contribution is 2.26. The largest absolute Gasteiger partial charge is 0.497 e. The molecule has 1 aliphatic rings. The maximum atomic E-state index is 12.8. The molecular weight excluding hydrogens is 368 g/mol. The number of rotatable bonds is 7. The summed E-state index contributed by atoms with van der Waals surface area (Å²) in [5.74, 6) is 0.746. The molecule has 0 bridgehead atoms. The van der Waals surface area contributed by atoms with Crippen LogP contribution in [0.25, 0.3) is 0 Å². The number of aromatic nitrogens is 2. The highest BCUT2D eigenvalue weighted by molar-refractivity contribution is 7.89. The van der Waals surface area contributed by atoms with E-state index in [0.29, 0.717) is 24.6 Å². The minimum Gasteiger partial charge on any atom is -0.497 e. The van der Waals surface area contributed by atoms with Gasteiger partial charge in [-0.15, -0.1) is 0 Å². The average molecular weight is 394 g/mol. The average Bonchev–Trinajstić information content (AvgIpc) is 3.02. The SMILES string of the molecule is COc1cccc(C(CNS(=O)(=O)c2c(C)n[nH]c2C)N2CCOCC2)c1. The van der Waals surface area contributed by atoms with Crippen LogP contribution >= 0.6 is 0 Å². The Bertz CT molecular complexity index is 856. The second-order valence-electron chi connectivity index (χ2n) is 6.56. The Kier molecular flexibility index (Phi) is 6.15. The molecule has 0 radical (unpaired) electrons. The fourth-order valence-corrected chi connectivity index (χ4v) is 4.80. The third kappa shape index (κ3) is 4.49. The molecule has 1 atom stereocenters. The zero-order chi connectivity index (χ0) is 19.4. The summed E-state index contributed by atoms with van der Waals surface area (Å²) in [5.41, 5.74) is 1.99. The van der Waals surface area contributed by atoms with Gasteiger partial charge in [-0.25, -0.2) is 13.1 Å². The molecule has 1 unspecified atom stereocenters. The van der Waals surface area contributed by atoms with Crippen LogP contribution in [0.1, 0.15) is 23.0 Å². The van der Waals surface area contributed by atoms with Gasteiger partial charge in [0.15, 0.2) is 0 Å². The lowest BCUT2D eigenvalue weighted by Crippen LogP contribution is -2.43. The minimum atomic E-state index is -3.67. The predicted molar refractivity (Wildman–Crippen MR) is 101 cm³/mol. The van der Waals surface area contributed by atoms with Gasteiger partial charge in [0.05, 0.1) is 31.7 Å². The summed E-state index contributed by atoms with van der Waals surface area (Å²) in [5, 5.41) is 6.72. The molecule has 9 heteroatoms. The standard InChI is InChI=1S/C18H26N4O4S/c1-13-18(14(2)21-20-13)27(23,24)19-12-17(22-7-9-26-10-8-22)15-5-4-6-16(11-15)25-3/h4-6,11,17,19H,7-10,12H2,1-3H3,(H,20,21). The van der Waals surface area contributed by atoms with Crippen molar-refractivity contribution in [3.05, 3.63) is 41.2 Å². The van der Waals surface area contributed by atoms with Gasteiger partial charge in [0.25, 0.3) is 0 Å². The van der Waals surface area contributed by atoms with Crippen LogP contribution in [0.15, 0.2) is 29.2 Å². The highest BCUT2D eigenvalue weighted by atomic mass is 32.2. The molecule has 8 nitrogen and oxygen atoms in total. The molecule has 148 valence electrons. The molecule has 2 heterocycles. The van der Waals surface area contributed by atoms with Crippen LogP contribution in [0.4, 0.5) is 0 Å². The van der Waals surface area contributed by atoms with Crippen molar-refractivity contribution in [1.29, 1.82) is 0 Å². The number of ether oxygens (including phenoxy) is 2. The second-order valence-corrected chi connectivity index (χ2v) is 8.26. The number of benzene rings is 1. The van der Waals surface area contributed by atoms with Crippen molar-refractivity contribution in [2.45, 2.75) is 24.8 Å². The molecule has 2 aromatic rings. The first-order valence-corrected chi connectivity index (χ1v) is 10.4. The van der Waals surface area contributed by atoms with E-state index in [1.165, 1.54) is 0 Å². The summed E-state index contributed by atoms with van der Waals surface area (Å²) in [4.78, 5) is 2.45. The van der Waals surface area contributed by atoms with Crippen molar-refractivity contribution < 1.29 is 17.9 Å². The van der Waals surface area contributed by atoms with Gasteiger partial charge in [0.2, 0.25) is 10.0 Å². The molecule has 1 aromatic carbocycles. The summed E-state index contributed by atoms with van der Waals surface area (Å²) in [6.45, 7) is 6.39. The summed E-state index contributed by atoms with van der Waals surface area (Å²) in [6, 6.07) is 7.61. The molecule has 1 aromatic heterocycles. The highest BCUT2D eigenvalue weighted by Gasteiger charge is 2.27. The Morgan fingerprint density at radius 1 is 1.33 bits per heavy atom. The number of H-pyrrole nitrogens is 1. The van der Waals surface area contributed by atoms with Gasteiger partial charge in [-0.05, 0) is 31.5 Å². The summed E-state index contributed by atoms with van der Waals surface area (Å²) < 4.78 is 39.2. The third-order valence-corrected chi connectivity index (χ3v) is 6.45. The van der Waals surface area contributed by atoms with Crippen LogP contribution in [0, 0.1) is 13.8 Å². The van der Waals surface area contributed by atoms with E-state index in [9.17, 15) is 8.42 Å². The quantitative estimate of drug-likeness (QED) is 0.737. The molecule has 0 saturated carbocycles. The Hall–Kier alpha value is -1.94. The molecule has 1 saturated heterocycles. The van der Waals surface area contributed by atoms with Crippen molar-refractivity contribution in [2.75, 3.05) is 40.0 Å². The van der Waals surface area contributed by atoms with Gasteiger partial charge in [0, 0.05) is 25.7 Å². The van der Waals surface area contributed by atoms with Crippen LogP contribution in [0.2, 0.25) is 0 Å². The van der Waals surface area contributed by atoms with Gasteiger partial charge in [-0.1, -0.05) is 12.1 Å². The van der Waals surface area contributed by atoms with Crippen molar-refractivity contribution >= 4 is 10.0 Å². The molecule has 1 fully saturated rings. The van der Waals surface area contributed by atoms with E-state index in [-0.39, 0.29) is 17.5 Å². The maximum Gasteiger partial charge on any atom is 0.244 e. The molecule has 0 spiro atoms. The lowest BCUT2D eigenvalue weighted by atomic mass is 10.0. The van der Waals surface area contributed by atoms with Crippen LogP contribution in [-0.4, -0.2) is 63.5 Å².